The lowest BCUT2D eigenvalue weighted by Gasteiger charge is -2.23. The Balaban J connectivity index is 1.60. The van der Waals surface area contributed by atoms with Crippen LogP contribution < -0.4 is 0 Å². The quantitative estimate of drug-likeness (QED) is 0.697. The van der Waals surface area contributed by atoms with Crippen LogP contribution in [0.5, 0.6) is 0 Å². The van der Waals surface area contributed by atoms with E-state index in [0.717, 1.165) is 6.42 Å². The molecule has 0 unspecified atom stereocenters. The maximum absolute atomic E-state index is 5.85. The number of rotatable bonds is 1. The molecule has 17 heavy (non-hydrogen) atoms. The highest BCUT2D eigenvalue weighted by Gasteiger charge is 2.52. The first-order valence-corrected chi connectivity index (χ1v) is 6.18. The third-order valence-corrected chi connectivity index (χ3v) is 3.36. The van der Waals surface area contributed by atoms with Gasteiger partial charge in [-0.1, -0.05) is 0 Å². The number of ether oxygens (including phenoxy) is 5. The van der Waals surface area contributed by atoms with Gasteiger partial charge in [-0.05, 0) is 27.7 Å². The van der Waals surface area contributed by atoms with Gasteiger partial charge in [0.1, 0.15) is 12.2 Å². The molecule has 98 valence electrons. The Morgan fingerprint density at radius 2 is 1.53 bits per heavy atom. The van der Waals surface area contributed by atoms with Crippen molar-refractivity contribution in [1.29, 1.82) is 0 Å². The van der Waals surface area contributed by atoms with Gasteiger partial charge in [0.2, 0.25) is 0 Å². The smallest absolute Gasteiger partial charge is 0.187 e. The first-order chi connectivity index (χ1) is 7.85. The van der Waals surface area contributed by atoms with E-state index in [1.165, 1.54) is 0 Å². The van der Waals surface area contributed by atoms with Gasteiger partial charge >= 0.3 is 0 Å². The van der Waals surface area contributed by atoms with E-state index in [-0.39, 0.29) is 24.6 Å². The molecule has 0 aromatic rings. The van der Waals surface area contributed by atoms with Crippen LogP contribution in [-0.2, 0) is 23.7 Å². The molecule has 0 aliphatic carbocycles. The van der Waals surface area contributed by atoms with E-state index in [2.05, 4.69) is 0 Å². The molecule has 5 nitrogen and oxygen atoms in total. The van der Waals surface area contributed by atoms with Crippen LogP contribution in [0.25, 0.3) is 0 Å². The predicted molar refractivity (Wildman–Crippen MR) is 58.2 cm³/mol. The molecule has 3 saturated heterocycles. The van der Waals surface area contributed by atoms with E-state index in [1.807, 2.05) is 27.7 Å². The summed E-state index contributed by atoms with van der Waals surface area (Å²) >= 11 is 0. The SMILES string of the molecule is CC1(C)O[C@H]2O[C@H]([C@H]3COC(C)(C)O3)C[C@@H]2O1. The van der Waals surface area contributed by atoms with Gasteiger partial charge < -0.3 is 23.7 Å². The lowest BCUT2D eigenvalue weighted by Crippen LogP contribution is -2.33. The molecule has 0 aromatic heterocycles. The average Bonchev–Trinajstić information content (AvgIpc) is 2.75. The van der Waals surface area contributed by atoms with Crippen LogP contribution >= 0.6 is 0 Å². The van der Waals surface area contributed by atoms with Crippen LogP contribution in [0.3, 0.4) is 0 Å². The summed E-state index contributed by atoms with van der Waals surface area (Å²) in [6, 6.07) is 0. The van der Waals surface area contributed by atoms with Crippen LogP contribution in [0.2, 0.25) is 0 Å². The standard InChI is InChI=1S/C12H20O5/c1-11(2)13-6-9(16-11)7-5-8-10(14-7)17-12(3,4)15-8/h7-10H,5-6H2,1-4H3/t7-,8-,9+,10+/m0/s1. The average molecular weight is 244 g/mol. The summed E-state index contributed by atoms with van der Waals surface area (Å²) < 4.78 is 28.6. The molecule has 3 aliphatic heterocycles. The summed E-state index contributed by atoms with van der Waals surface area (Å²) in [5, 5.41) is 0. The molecule has 0 saturated carbocycles. The maximum atomic E-state index is 5.85. The third-order valence-electron chi connectivity index (χ3n) is 3.36. The van der Waals surface area contributed by atoms with Gasteiger partial charge in [0.15, 0.2) is 17.9 Å². The van der Waals surface area contributed by atoms with E-state index in [9.17, 15) is 0 Å². The van der Waals surface area contributed by atoms with Gasteiger partial charge in [0.05, 0.1) is 12.7 Å². The molecule has 0 radical (unpaired) electrons. The molecule has 4 atom stereocenters. The second-order valence-corrected chi connectivity index (χ2v) is 5.82. The fourth-order valence-electron chi connectivity index (χ4n) is 2.67. The van der Waals surface area contributed by atoms with Crippen molar-refractivity contribution in [3.63, 3.8) is 0 Å². The molecule has 3 rings (SSSR count). The van der Waals surface area contributed by atoms with Crippen molar-refractivity contribution in [2.75, 3.05) is 6.61 Å². The van der Waals surface area contributed by atoms with Crippen LogP contribution in [0, 0.1) is 0 Å². The lowest BCUT2D eigenvalue weighted by molar-refractivity contribution is -0.220. The highest BCUT2D eigenvalue weighted by atomic mass is 16.8. The molecule has 3 heterocycles. The van der Waals surface area contributed by atoms with E-state index < -0.39 is 11.6 Å². The van der Waals surface area contributed by atoms with Gasteiger partial charge in [-0.25, -0.2) is 0 Å². The third kappa shape index (κ3) is 2.22. The minimum Gasteiger partial charge on any atom is -0.348 e. The Kier molecular flexibility index (Phi) is 2.55. The molecule has 0 amide bonds. The summed E-state index contributed by atoms with van der Waals surface area (Å²) in [6.07, 6.45) is 0.538. The van der Waals surface area contributed by atoms with E-state index in [4.69, 9.17) is 23.7 Å². The van der Waals surface area contributed by atoms with E-state index in [1.54, 1.807) is 0 Å². The number of hydrogen-bond acceptors (Lipinski definition) is 5. The first kappa shape index (κ1) is 11.9. The van der Waals surface area contributed by atoms with Crippen LogP contribution in [0.15, 0.2) is 0 Å². The molecule has 5 heteroatoms. The van der Waals surface area contributed by atoms with Crippen LogP contribution in [-0.4, -0.2) is 42.8 Å². The molecule has 3 fully saturated rings. The predicted octanol–water partition coefficient (Wildman–Crippen LogP) is 1.40. The Bertz CT molecular complexity index is 298. The molecule has 0 bridgehead atoms. The Morgan fingerprint density at radius 1 is 0.824 bits per heavy atom. The van der Waals surface area contributed by atoms with Crippen molar-refractivity contribution in [1.82, 2.24) is 0 Å². The molecule has 0 N–H and O–H groups in total. The van der Waals surface area contributed by atoms with Crippen LogP contribution in [0.4, 0.5) is 0 Å². The first-order valence-electron chi connectivity index (χ1n) is 6.18. The van der Waals surface area contributed by atoms with Crippen molar-refractivity contribution in [3.8, 4) is 0 Å². The minimum atomic E-state index is -0.535. The summed E-state index contributed by atoms with van der Waals surface area (Å²) in [5.74, 6) is -1.04. The fourth-order valence-corrected chi connectivity index (χ4v) is 2.67. The van der Waals surface area contributed by atoms with Crippen molar-refractivity contribution in [3.05, 3.63) is 0 Å². The molecule has 0 aromatic carbocycles. The Hall–Kier alpha value is -0.200. The van der Waals surface area contributed by atoms with E-state index in [0.29, 0.717) is 6.61 Å². The second kappa shape index (κ2) is 3.65. The van der Waals surface area contributed by atoms with Crippen molar-refractivity contribution in [2.24, 2.45) is 0 Å². The fraction of sp³-hybridized carbons (Fsp3) is 1.00. The topological polar surface area (TPSA) is 46.2 Å². The number of fused-ring (bicyclic) bond motifs is 1. The van der Waals surface area contributed by atoms with Gasteiger partial charge in [-0.2, -0.15) is 0 Å². The summed E-state index contributed by atoms with van der Waals surface area (Å²) in [4.78, 5) is 0. The molecule has 3 aliphatic rings. The zero-order valence-corrected chi connectivity index (χ0v) is 10.8. The zero-order valence-electron chi connectivity index (χ0n) is 10.8. The monoisotopic (exact) mass is 244 g/mol. The Morgan fingerprint density at radius 3 is 2.12 bits per heavy atom. The lowest BCUT2D eigenvalue weighted by atomic mass is 10.1. The molecule has 0 spiro atoms. The number of hydrogen-bond donors (Lipinski definition) is 0. The van der Waals surface area contributed by atoms with Crippen molar-refractivity contribution < 1.29 is 23.7 Å². The second-order valence-electron chi connectivity index (χ2n) is 5.82. The van der Waals surface area contributed by atoms with E-state index >= 15 is 0 Å². The minimum absolute atomic E-state index is 0.00266. The van der Waals surface area contributed by atoms with Crippen molar-refractivity contribution >= 4 is 0 Å². The van der Waals surface area contributed by atoms with Gasteiger partial charge in [0, 0.05) is 6.42 Å². The van der Waals surface area contributed by atoms with Gasteiger partial charge in [0.25, 0.3) is 0 Å². The highest BCUT2D eigenvalue weighted by Crippen LogP contribution is 2.40. The molecular weight excluding hydrogens is 224 g/mol. The zero-order chi connectivity index (χ0) is 12.3. The van der Waals surface area contributed by atoms with Crippen molar-refractivity contribution in [2.45, 2.75) is 70.3 Å². The summed E-state index contributed by atoms with van der Waals surface area (Å²) in [7, 11) is 0. The maximum Gasteiger partial charge on any atom is 0.187 e. The summed E-state index contributed by atoms with van der Waals surface area (Å²) in [5.41, 5.74) is 0. The highest BCUT2D eigenvalue weighted by molar-refractivity contribution is 4.90. The van der Waals surface area contributed by atoms with Crippen LogP contribution in [0.1, 0.15) is 34.1 Å². The largest absolute Gasteiger partial charge is 0.348 e. The van der Waals surface area contributed by atoms with Gasteiger partial charge in [-0.15, -0.1) is 0 Å². The summed E-state index contributed by atoms with van der Waals surface area (Å²) in [6.45, 7) is 8.21. The Labute approximate surface area is 101 Å². The molecular formula is C12H20O5. The normalized spacial score (nSPS) is 47.3. The van der Waals surface area contributed by atoms with Gasteiger partial charge in [-0.3, -0.25) is 0 Å².